The molecule has 0 saturated heterocycles. The van der Waals surface area contributed by atoms with Crippen LogP contribution in [-0.4, -0.2) is 23.5 Å². The second-order valence-corrected chi connectivity index (χ2v) is 7.70. The number of thiophene rings is 1. The molecular weight excluding hydrogens is 354 g/mol. The molecule has 4 N–H and O–H groups in total. The monoisotopic (exact) mass is 377 g/mol. The average Bonchev–Trinajstić information content (AvgIpc) is 3.23. The van der Waals surface area contributed by atoms with Crippen LogP contribution in [0.5, 0.6) is 0 Å². The fourth-order valence-corrected chi connectivity index (χ4v) is 3.67. The molecular formula is C19H24ClN3OS. The van der Waals surface area contributed by atoms with E-state index in [4.69, 9.17) is 5.73 Å². The van der Waals surface area contributed by atoms with Crippen molar-refractivity contribution in [3.63, 3.8) is 0 Å². The molecule has 2 heterocycles. The van der Waals surface area contributed by atoms with E-state index in [9.17, 15) is 4.79 Å². The number of hydrogen-bond donors (Lipinski definition) is 3. The van der Waals surface area contributed by atoms with Crippen molar-refractivity contribution in [3.8, 4) is 0 Å². The predicted molar refractivity (Wildman–Crippen MR) is 108 cm³/mol. The van der Waals surface area contributed by atoms with Crippen molar-refractivity contribution >= 4 is 40.6 Å². The molecule has 6 heteroatoms. The maximum absolute atomic E-state index is 12.4. The topological polar surface area (TPSA) is 70.9 Å². The van der Waals surface area contributed by atoms with Crippen molar-refractivity contribution in [1.29, 1.82) is 0 Å². The standard InChI is InChI=1S/C19H23N3OS.ClH/c1-19(2,17-8-5-9-24-17)12-22-18(23)15(20)10-13-11-21-16-7-4-3-6-14(13)16;/h3-9,11,15,21H,10,12,20H2,1-2H3,(H,22,23);1H/t15-;/m0./s1. The predicted octanol–water partition coefficient (Wildman–Crippen LogP) is 3.62. The average molecular weight is 378 g/mol. The number of nitrogens with one attached hydrogen (secondary N) is 2. The van der Waals surface area contributed by atoms with Crippen LogP contribution in [0.3, 0.4) is 0 Å². The van der Waals surface area contributed by atoms with Crippen molar-refractivity contribution in [2.24, 2.45) is 5.73 Å². The number of carbonyl (C=O) groups is 1. The van der Waals surface area contributed by atoms with Crippen LogP contribution in [0.1, 0.15) is 24.3 Å². The zero-order chi connectivity index (χ0) is 17.2. The fourth-order valence-electron chi connectivity index (χ4n) is 2.82. The van der Waals surface area contributed by atoms with Crippen molar-refractivity contribution < 1.29 is 4.79 Å². The number of nitrogens with two attached hydrogens (primary N) is 1. The van der Waals surface area contributed by atoms with Gasteiger partial charge >= 0.3 is 0 Å². The van der Waals surface area contributed by atoms with Crippen LogP contribution in [0.25, 0.3) is 10.9 Å². The van der Waals surface area contributed by atoms with Crippen molar-refractivity contribution in [2.45, 2.75) is 31.7 Å². The lowest BCUT2D eigenvalue weighted by Gasteiger charge is -2.24. The molecule has 134 valence electrons. The number of aromatic nitrogens is 1. The normalized spacial score (nSPS) is 12.6. The minimum atomic E-state index is -0.552. The van der Waals surface area contributed by atoms with Crippen molar-refractivity contribution in [1.82, 2.24) is 10.3 Å². The maximum Gasteiger partial charge on any atom is 0.237 e. The van der Waals surface area contributed by atoms with Crippen LogP contribution in [0.2, 0.25) is 0 Å². The molecule has 1 atom stereocenters. The van der Waals surface area contributed by atoms with E-state index in [2.05, 4.69) is 35.6 Å². The molecule has 0 aliphatic heterocycles. The van der Waals surface area contributed by atoms with E-state index < -0.39 is 6.04 Å². The molecule has 0 aliphatic rings. The van der Waals surface area contributed by atoms with Gasteiger partial charge in [0, 0.05) is 33.9 Å². The summed E-state index contributed by atoms with van der Waals surface area (Å²) in [6.45, 7) is 4.84. The van der Waals surface area contributed by atoms with Gasteiger partial charge in [-0.3, -0.25) is 4.79 Å². The highest BCUT2D eigenvalue weighted by atomic mass is 35.5. The summed E-state index contributed by atoms with van der Waals surface area (Å²) in [4.78, 5) is 16.9. The minimum absolute atomic E-state index is 0. The Labute approximate surface area is 158 Å². The summed E-state index contributed by atoms with van der Waals surface area (Å²) >= 11 is 1.71. The van der Waals surface area contributed by atoms with Gasteiger partial charge in [-0.25, -0.2) is 0 Å². The number of hydrogen-bond acceptors (Lipinski definition) is 3. The Hall–Kier alpha value is -1.82. The summed E-state index contributed by atoms with van der Waals surface area (Å²) in [6.07, 6.45) is 2.46. The Bertz CT molecular complexity index is 826. The second kappa shape index (κ2) is 8.04. The number of aromatic amines is 1. The van der Waals surface area contributed by atoms with Crippen LogP contribution in [0.4, 0.5) is 0 Å². The van der Waals surface area contributed by atoms with E-state index in [1.54, 1.807) is 11.3 Å². The van der Waals surface area contributed by atoms with E-state index in [1.807, 2.05) is 36.5 Å². The van der Waals surface area contributed by atoms with Crippen LogP contribution >= 0.6 is 23.7 Å². The Balaban J connectivity index is 0.00000225. The van der Waals surface area contributed by atoms with Gasteiger partial charge in [0.25, 0.3) is 0 Å². The second-order valence-electron chi connectivity index (χ2n) is 6.75. The van der Waals surface area contributed by atoms with Crippen molar-refractivity contribution in [3.05, 3.63) is 58.4 Å². The molecule has 1 amide bonds. The number of amides is 1. The van der Waals surface area contributed by atoms with Gasteiger partial charge < -0.3 is 16.0 Å². The first-order valence-corrected chi connectivity index (χ1v) is 8.97. The third-order valence-electron chi connectivity index (χ3n) is 4.34. The fraction of sp³-hybridized carbons (Fsp3) is 0.316. The molecule has 0 radical (unpaired) electrons. The number of benzene rings is 1. The largest absolute Gasteiger partial charge is 0.361 e. The summed E-state index contributed by atoms with van der Waals surface area (Å²) in [7, 11) is 0. The van der Waals surface area contributed by atoms with Gasteiger partial charge in [-0.2, -0.15) is 0 Å². The van der Waals surface area contributed by atoms with Crippen LogP contribution in [0.15, 0.2) is 48.0 Å². The first kappa shape index (κ1) is 19.5. The Morgan fingerprint density at radius 3 is 2.76 bits per heavy atom. The van der Waals surface area contributed by atoms with E-state index >= 15 is 0 Å². The highest BCUT2D eigenvalue weighted by Crippen LogP contribution is 2.26. The van der Waals surface area contributed by atoms with E-state index in [-0.39, 0.29) is 23.7 Å². The Kier molecular flexibility index (Phi) is 6.27. The summed E-state index contributed by atoms with van der Waals surface area (Å²) in [5, 5.41) is 6.19. The first-order chi connectivity index (χ1) is 11.5. The number of para-hydroxylation sites is 1. The summed E-state index contributed by atoms with van der Waals surface area (Å²) in [6, 6.07) is 11.6. The first-order valence-electron chi connectivity index (χ1n) is 8.09. The zero-order valence-electron chi connectivity index (χ0n) is 14.4. The third-order valence-corrected chi connectivity index (χ3v) is 5.58. The summed E-state index contributed by atoms with van der Waals surface area (Å²) in [5.41, 5.74) is 8.17. The van der Waals surface area contributed by atoms with Crippen LogP contribution in [-0.2, 0) is 16.6 Å². The van der Waals surface area contributed by atoms with E-state index in [0.717, 1.165) is 16.5 Å². The third kappa shape index (κ3) is 4.42. The minimum Gasteiger partial charge on any atom is -0.361 e. The maximum atomic E-state index is 12.4. The number of rotatable bonds is 6. The van der Waals surface area contributed by atoms with Crippen LogP contribution in [0, 0.1) is 0 Å². The molecule has 0 spiro atoms. The molecule has 0 fully saturated rings. The molecule has 4 nitrogen and oxygen atoms in total. The van der Waals surface area contributed by atoms with Gasteiger partial charge in [0.15, 0.2) is 0 Å². The SMILES string of the molecule is CC(C)(CNC(=O)[C@@H](N)Cc1c[nH]c2ccccc12)c1cccs1.Cl. The molecule has 0 bridgehead atoms. The molecule has 2 aromatic heterocycles. The van der Waals surface area contributed by atoms with Crippen LogP contribution < -0.4 is 11.1 Å². The number of H-pyrrole nitrogens is 1. The Morgan fingerprint density at radius 2 is 2.04 bits per heavy atom. The number of halogens is 1. The summed E-state index contributed by atoms with van der Waals surface area (Å²) in [5.74, 6) is -0.107. The lowest BCUT2D eigenvalue weighted by atomic mass is 9.91. The highest BCUT2D eigenvalue weighted by molar-refractivity contribution is 7.10. The highest BCUT2D eigenvalue weighted by Gasteiger charge is 2.24. The van der Waals surface area contributed by atoms with Crippen molar-refractivity contribution in [2.75, 3.05) is 6.54 Å². The lowest BCUT2D eigenvalue weighted by Crippen LogP contribution is -2.46. The molecule has 3 aromatic rings. The lowest BCUT2D eigenvalue weighted by molar-refractivity contribution is -0.122. The summed E-state index contributed by atoms with van der Waals surface area (Å²) < 4.78 is 0. The molecule has 25 heavy (non-hydrogen) atoms. The van der Waals surface area contributed by atoms with Gasteiger partial charge in [0.1, 0.15) is 0 Å². The number of carbonyl (C=O) groups excluding carboxylic acids is 1. The van der Waals surface area contributed by atoms with Gasteiger partial charge in [0.2, 0.25) is 5.91 Å². The van der Waals surface area contributed by atoms with Gasteiger partial charge in [-0.05, 0) is 29.5 Å². The molecule has 0 unspecified atom stereocenters. The van der Waals surface area contributed by atoms with E-state index in [1.165, 1.54) is 4.88 Å². The smallest absolute Gasteiger partial charge is 0.237 e. The van der Waals surface area contributed by atoms with Gasteiger partial charge in [-0.1, -0.05) is 38.1 Å². The van der Waals surface area contributed by atoms with E-state index in [0.29, 0.717) is 13.0 Å². The number of fused-ring (bicyclic) bond motifs is 1. The quantitative estimate of drug-likeness (QED) is 0.614. The zero-order valence-corrected chi connectivity index (χ0v) is 16.0. The molecule has 1 aromatic carbocycles. The Morgan fingerprint density at radius 1 is 1.28 bits per heavy atom. The van der Waals surface area contributed by atoms with Gasteiger partial charge in [-0.15, -0.1) is 23.7 Å². The van der Waals surface area contributed by atoms with Gasteiger partial charge in [0.05, 0.1) is 6.04 Å². The molecule has 3 rings (SSSR count). The molecule has 0 saturated carbocycles. The molecule has 0 aliphatic carbocycles.